The third kappa shape index (κ3) is 4.89. The van der Waals surface area contributed by atoms with Gasteiger partial charge in [-0.15, -0.1) is 0 Å². The summed E-state index contributed by atoms with van der Waals surface area (Å²) in [4.78, 5) is 31.2. The molecule has 0 bridgehead atoms. The monoisotopic (exact) mass is 421 g/mol. The third-order valence-corrected chi connectivity index (χ3v) is 6.90. The molecule has 0 aromatic carbocycles. The number of rotatable bonds is 6. The topological polar surface area (TPSA) is 62.2 Å². The van der Waals surface area contributed by atoms with Gasteiger partial charge in [-0.1, -0.05) is 25.7 Å². The molecule has 6 heteroatoms. The van der Waals surface area contributed by atoms with Crippen molar-refractivity contribution < 1.29 is 4.79 Å². The van der Waals surface area contributed by atoms with Gasteiger partial charge in [-0.2, -0.15) is 0 Å². The molecule has 1 amide bonds. The van der Waals surface area contributed by atoms with Crippen molar-refractivity contribution in [3.05, 3.63) is 35.9 Å². The molecule has 0 N–H and O–H groups in total. The number of carbonyl (C=O) groups excluding carboxylic acids is 1. The maximum Gasteiger partial charge on any atom is 0.225 e. The van der Waals surface area contributed by atoms with E-state index < -0.39 is 0 Å². The Balaban J connectivity index is 1.66. The van der Waals surface area contributed by atoms with E-state index in [2.05, 4.69) is 21.8 Å². The van der Waals surface area contributed by atoms with Crippen molar-refractivity contribution in [2.45, 2.75) is 70.8 Å². The molecule has 1 aliphatic carbocycles. The maximum absolute atomic E-state index is 13.3. The van der Waals surface area contributed by atoms with Gasteiger partial charge in [0.25, 0.3) is 0 Å². The molecule has 2 aromatic heterocycles. The lowest BCUT2D eigenvalue weighted by Gasteiger charge is -2.37. The molecular weight excluding hydrogens is 386 g/mol. The lowest BCUT2D eigenvalue weighted by Crippen LogP contribution is -2.39. The van der Waals surface area contributed by atoms with Crippen LogP contribution in [0.15, 0.2) is 24.7 Å². The Morgan fingerprint density at radius 2 is 1.87 bits per heavy atom. The second kappa shape index (κ2) is 9.75. The van der Waals surface area contributed by atoms with Gasteiger partial charge in [0.15, 0.2) is 0 Å². The normalized spacial score (nSPS) is 19.6. The molecular formula is C25H35N5O. The van der Waals surface area contributed by atoms with Gasteiger partial charge < -0.3 is 9.80 Å². The first-order chi connectivity index (χ1) is 15.0. The second-order valence-electron chi connectivity index (χ2n) is 9.34. The molecule has 3 heterocycles. The molecule has 1 saturated carbocycles. The standard InChI is InChI=1S/C25H35N5O/c1-18-16-26-14-13-20(18)21-17-27-25(29(2)3)28-24(21)22-10-6-7-15-30(22)23(31)12-11-19-8-4-5-9-19/h13-14,16-17,19,22H,4-12,15H2,1-3H3/t22-/m0/s1. The fourth-order valence-electron chi connectivity index (χ4n) is 5.12. The molecule has 166 valence electrons. The number of piperidine rings is 1. The zero-order valence-electron chi connectivity index (χ0n) is 19.2. The summed E-state index contributed by atoms with van der Waals surface area (Å²) in [6.07, 6.45) is 15.7. The average molecular weight is 422 g/mol. The predicted octanol–water partition coefficient (Wildman–Crippen LogP) is 4.94. The minimum absolute atomic E-state index is 0.00842. The number of pyridine rings is 1. The highest BCUT2D eigenvalue weighted by molar-refractivity contribution is 5.78. The Bertz CT molecular complexity index is 907. The fraction of sp³-hybridized carbons (Fsp3) is 0.600. The van der Waals surface area contributed by atoms with Gasteiger partial charge >= 0.3 is 0 Å². The molecule has 0 spiro atoms. The van der Waals surface area contributed by atoms with Crippen LogP contribution in [0.3, 0.4) is 0 Å². The van der Waals surface area contributed by atoms with Crippen LogP contribution in [-0.4, -0.2) is 46.4 Å². The van der Waals surface area contributed by atoms with Crippen LogP contribution in [0.4, 0.5) is 5.95 Å². The summed E-state index contributed by atoms with van der Waals surface area (Å²) in [7, 11) is 3.92. The van der Waals surface area contributed by atoms with E-state index in [0.717, 1.165) is 60.5 Å². The summed E-state index contributed by atoms with van der Waals surface area (Å²) in [5.41, 5.74) is 4.19. The van der Waals surface area contributed by atoms with Crippen LogP contribution in [0.5, 0.6) is 0 Å². The lowest BCUT2D eigenvalue weighted by molar-refractivity contribution is -0.135. The highest BCUT2D eigenvalue weighted by Crippen LogP contribution is 2.38. The van der Waals surface area contributed by atoms with E-state index in [4.69, 9.17) is 4.98 Å². The van der Waals surface area contributed by atoms with E-state index >= 15 is 0 Å². The van der Waals surface area contributed by atoms with E-state index in [1.807, 2.05) is 43.7 Å². The Kier molecular flexibility index (Phi) is 6.83. The van der Waals surface area contributed by atoms with Gasteiger partial charge in [-0.3, -0.25) is 9.78 Å². The summed E-state index contributed by atoms with van der Waals surface area (Å²) in [6, 6.07) is 2.04. The van der Waals surface area contributed by atoms with Crippen LogP contribution >= 0.6 is 0 Å². The number of likely N-dealkylation sites (tertiary alicyclic amines) is 1. The minimum atomic E-state index is 0.00842. The van der Waals surface area contributed by atoms with Gasteiger partial charge in [0.2, 0.25) is 11.9 Å². The highest BCUT2D eigenvalue weighted by atomic mass is 16.2. The van der Waals surface area contributed by atoms with E-state index in [9.17, 15) is 4.79 Å². The molecule has 1 aliphatic heterocycles. The van der Waals surface area contributed by atoms with Crippen molar-refractivity contribution in [2.75, 3.05) is 25.5 Å². The van der Waals surface area contributed by atoms with Crippen molar-refractivity contribution in [3.8, 4) is 11.1 Å². The molecule has 6 nitrogen and oxygen atoms in total. The largest absolute Gasteiger partial charge is 0.347 e. The summed E-state index contributed by atoms with van der Waals surface area (Å²) in [5, 5.41) is 0. The van der Waals surface area contributed by atoms with Crippen molar-refractivity contribution in [1.82, 2.24) is 19.9 Å². The Morgan fingerprint density at radius 1 is 1.10 bits per heavy atom. The zero-order valence-corrected chi connectivity index (χ0v) is 19.2. The minimum Gasteiger partial charge on any atom is -0.347 e. The second-order valence-corrected chi connectivity index (χ2v) is 9.34. The van der Waals surface area contributed by atoms with Crippen molar-refractivity contribution in [3.63, 3.8) is 0 Å². The predicted molar refractivity (Wildman–Crippen MR) is 124 cm³/mol. The van der Waals surface area contributed by atoms with Crippen LogP contribution < -0.4 is 4.90 Å². The number of aryl methyl sites for hydroxylation is 1. The molecule has 2 fully saturated rings. The van der Waals surface area contributed by atoms with Crippen molar-refractivity contribution in [2.24, 2.45) is 5.92 Å². The van der Waals surface area contributed by atoms with E-state index in [-0.39, 0.29) is 6.04 Å². The smallest absolute Gasteiger partial charge is 0.225 e. The highest BCUT2D eigenvalue weighted by Gasteiger charge is 2.32. The quantitative estimate of drug-likeness (QED) is 0.661. The molecule has 1 atom stereocenters. The number of hydrogen-bond donors (Lipinski definition) is 0. The van der Waals surface area contributed by atoms with E-state index in [1.54, 1.807) is 0 Å². The van der Waals surface area contributed by atoms with Gasteiger partial charge in [-0.25, -0.2) is 9.97 Å². The van der Waals surface area contributed by atoms with Crippen LogP contribution in [0, 0.1) is 12.8 Å². The van der Waals surface area contributed by atoms with Crippen molar-refractivity contribution in [1.29, 1.82) is 0 Å². The van der Waals surface area contributed by atoms with Crippen LogP contribution in [0.25, 0.3) is 11.1 Å². The van der Waals surface area contributed by atoms with Crippen LogP contribution in [0.1, 0.15) is 75.1 Å². The fourth-order valence-corrected chi connectivity index (χ4v) is 5.12. The van der Waals surface area contributed by atoms with Crippen molar-refractivity contribution >= 4 is 11.9 Å². The SMILES string of the molecule is Cc1cnccc1-c1cnc(N(C)C)nc1[C@@H]1CCCCN1C(=O)CCC1CCCC1. The van der Waals surface area contributed by atoms with E-state index in [1.165, 1.54) is 25.7 Å². The molecule has 31 heavy (non-hydrogen) atoms. The molecule has 4 rings (SSSR count). The summed E-state index contributed by atoms with van der Waals surface area (Å²) in [5.74, 6) is 1.72. The summed E-state index contributed by atoms with van der Waals surface area (Å²) in [6.45, 7) is 2.89. The van der Waals surface area contributed by atoms with Crippen LogP contribution in [-0.2, 0) is 4.79 Å². The first-order valence-corrected chi connectivity index (χ1v) is 11.8. The van der Waals surface area contributed by atoms with Gasteiger partial charge in [-0.05, 0) is 55.7 Å². The van der Waals surface area contributed by atoms with Gasteiger partial charge in [0.1, 0.15) is 0 Å². The van der Waals surface area contributed by atoms with E-state index in [0.29, 0.717) is 18.3 Å². The number of hydrogen-bond acceptors (Lipinski definition) is 5. The van der Waals surface area contributed by atoms with Crippen LogP contribution in [0.2, 0.25) is 0 Å². The number of amides is 1. The zero-order chi connectivity index (χ0) is 21.8. The molecule has 0 unspecified atom stereocenters. The average Bonchev–Trinajstić information content (AvgIpc) is 3.31. The Morgan fingerprint density at radius 3 is 2.61 bits per heavy atom. The Labute approximate surface area is 186 Å². The Hall–Kier alpha value is -2.50. The number of aromatic nitrogens is 3. The van der Waals surface area contributed by atoms with Gasteiger partial charge in [0, 0.05) is 51.2 Å². The molecule has 1 saturated heterocycles. The molecule has 2 aromatic rings. The summed E-state index contributed by atoms with van der Waals surface area (Å²) < 4.78 is 0. The number of carbonyl (C=O) groups is 1. The lowest BCUT2D eigenvalue weighted by atomic mass is 9.92. The number of nitrogens with zero attached hydrogens (tertiary/aromatic N) is 5. The van der Waals surface area contributed by atoms with Gasteiger partial charge in [0.05, 0.1) is 11.7 Å². The number of anilines is 1. The third-order valence-electron chi connectivity index (χ3n) is 6.90. The molecule has 2 aliphatic rings. The first-order valence-electron chi connectivity index (χ1n) is 11.8. The summed E-state index contributed by atoms with van der Waals surface area (Å²) >= 11 is 0. The molecule has 0 radical (unpaired) electrons. The first kappa shape index (κ1) is 21.7. The maximum atomic E-state index is 13.3.